The van der Waals surface area contributed by atoms with E-state index in [2.05, 4.69) is 11.8 Å². The van der Waals surface area contributed by atoms with Crippen molar-refractivity contribution in [3.63, 3.8) is 0 Å². The Balaban J connectivity index is 2.59. The molecule has 27 heavy (non-hydrogen) atoms. The summed E-state index contributed by atoms with van der Waals surface area (Å²) < 4.78 is 27.7. The lowest BCUT2D eigenvalue weighted by Gasteiger charge is -2.22. The van der Waals surface area contributed by atoms with Crippen LogP contribution in [0.5, 0.6) is 0 Å². The molecule has 0 bridgehead atoms. The Hall–Kier alpha value is -1.94. The molecule has 0 radical (unpaired) electrons. The lowest BCUT2D eigenvalue weighted by Crippen LogP contribution is -2.36. The van der Waals surface area contributed by atoms with Crippen molar-refractivity contribution >= 4 is 11.9 Å². The van der Waals surface area contributed by atoms with E-state index in [0.29, 0.717) is 32.1 Å². The van der Waals surface area contributed by atoms with Crippen LogP contribution in [0.1, 0.15) is 58.8 Å². The number of unbranched alkanes of at least 4 members (excludes halogenated alkanes) is 3. The first-order chi connectivity index (χ1) is 12.7. The summed E-state index contributed by atoms with van der Waals surface area (Å²) in [7, 11) is 0. The number of hydrogen-bond acceptors (Lipinski definition) is 3. The minimum atomic E-state index is -3.39. The van der Waals surface area contributed by atoms with Gasteiger partial charge in [0.15, 0.2) is 0 Å². The van der Waals surface area contributed by atoms with Gasteiger partial charge in [0.1, 0.15) is 0 Å². The molecule has 1 fully saturated rings. The van der Waals surface area contributed by atoms with Gasteiger partial charge >= 0.3 is 11.9 Å². The van der Waals surface area contributed by atoms with Crippen molar-refractivity contribution in [2.24, 2.45) is 5.92 Å². The van der Waals surface area contributed by atoms with Crippen LogP contribution < -0.4 is 0 Å². The van der Waals surface area contributed by atoms with Crippen molar-refractivity contribution in [2.45, 2.75) is 76.9 Å². The highest BCUT2D eigenvalue weighted by Gasteiger charge is 2.52. The molecule has 2 N–H and O–H groups in total. The fourth-order valence-corrected chi connectivity index (χ4v) is 2.99. The molecule has 1 aliphatic rings. The maximum atomic E-state index is 13.8. The standard InChI is InChI=1S/C20H29F2NO4/c1-3-4-9-15(2)17(24)12-11-16-14-20(21,22)19(27)23(16)13-8-6-5-7-10-18(25)26/h11-12,15-17,24H,5-10,13-14H2,1-2H3,(H,25,26)/b12-11+/t15-,16?,17+/m1/s1. The van der Waals surface area contributed by atoms with Crippen LogP contribution in [0.2, 0.25) is 0 Å². The molecule has 0 saturated carbocycles. The SMILES string of the molecule is CC#CC[C@@H](C)[C@@H](O)/C=C/C1CC(F)(F)C(=O)N1CCCCCCC(=O)O. The predicted octanol–water partition coefficient (Wildman–Crippen LogP) is 3.22. The van der Waals surface area contributed by atoms with Gasteiger partial charge in [0, 0.05) is 25.8 Å². The van der Waals surface area contributed by atoms with Crippen molar-refractivity contribution in [3.05, 3.63) is 12.2 Å². The molecule has 1 rings (SSSR count). The number of carbonyl (C=O) groups excluding carboxylic acids is 1. The van der Waals surface area contributed by atoms with Crippen molar-refractivity contribution in [1.82, 2.24) is 4.90 Å². The molecule has 0 aromatic rings. The van der Waals surface area contributed by atoms with Gasteiger partial charge in [-0.25, -0.2) is 0 Å². The summed E-state index contributed by atoms with van der Waals surface area (Å²) in [6.07, 6.45) is 4.58. The smallest absolute Gasteiger partial charge is 0.327 e. The summed E-state index contributed by atoms with van der Waals surface area (Å²) in [5.74, 6) is 0.0706. The first kappa shape index (κ1) is 23.1. The second-order valence-corrected chi connectivity index (χ2v) is 7.02. The molecule has 5 nitrogen and oxygen atoms in total. The van der Waals surface area contributed by atoms with E-state index in [1.807, 2.05) is 6.92 Å². The number of aliphatic hydroxyl groups excluding tert-OH is 1. The van der Waals surface area contributed by atoms with Crippen LogP contribution >= 0.6 is 0 Å². The number of rotatable bonds is 11. The Morgan fingerprint density at radius 2 is 2.04 bits per heavy atom. The van der Waals surface area contributed by atoms with Crippen molar-refractivity contribution < 1.29 is 28.6 Å². The fourth-order valence-electron chi connectivity index (χ4n) is 2.99. The molecule has 0 aliphatic carbocycles. The average molecular weight is 385 g/mol. The fraction of sp³-hybridized carbons (Fsp3) is 0.700. The van der Waals surface area contributed by atoms with Gasteiger partial charge < -0.3 is 15.1 Å². The highest BCUT2D eigenvalue weighted by molar-refractivity contribution is 5.86. The van der Waals surface area contributed by atoms with Crippen LogP contribution in [0.4, 0.5) is 8.78 Å². The Kier molecular flexibility index (Phi) is 9.44. The van der Waals surface area contributed by atoms with E-state index in [4.69, 9.17) is 5.11 Å². The highest BCUT2D eigenvalue weighted by atomic mass is 19.3. The molecule has 1 heterocycles. The second-order valence-electron chi connectivity index (χ2n) is 7.02. The van der Waals surface area contributed by atoms with Gasteiger partial charge in [-0.2, -0.15) is 8.78 Å². The van der Waals surface area contributed by atoms with Gasteiger partial charge in [-0.1, -0.05) is 31.9 Å². The number of aliphatic hydroxyl groups is 1. The van der Waals surface area contributed by atoms with Crippen LogP contribution in [-0.4, -0.2) is 51.6 Å². The molecule has 1 saturated heterocycles. The van der Waals surface area contributed by atoms with E-state index >= 15 is 0 Å². The van der Waals surface area contributed by atoms with E-state index in [9.17, 15) is 23.5 Å². The zero-order valence-corrected chi connectivity index (χ0v) is 16.0. The van der Waals surface area contributed by atoms with Crippen LogP contribution in [0.3, 0.4) is 0 Å². The largest absolute Gasteiger partial charge is 0.481 e. The number of aliphatic carboxylic acids is 1. The van der Waals surface area contributed by atoms with Crippen LogP contribution in [0, 0.1) is 17.8 Å². The number of carboxylic acids is 1. The van der Waals surface area contributed by atoms with Crippen LogP contribution in [0.25, 0.3) is 0 Å². The third-order valence-electron chi connectivity index (χ3n) is 4.69. The number of carbonyl (C=O) groups is 2. The average Bonchev–Trinajstić information content (AvgIpc) is 2.82. The lowest BCUT2D eigenvalue weighted by atomic mass is 10.00. The maximum absolute atomic E-state index is 13.8. The van der Waals surface area contributed by atoms with Crippen LogP contribution in [-0.2, 0) is 9.59 Å². The highest BCUT2D eigenvalue weighted by Crippen LogP contribution is 2.34. The zero-order valence-electron chi connectivity index (χ0n) is 16.0. The van der Waals surface area contributed by atoms with Gasteiger partial charge in [-0.05, 0) is 25.7 Å². The van der Waals surface area contributed by atoms with Gasteiger partial charge in [-0.3, -0.25) is 9.59 Å². The quantitative estimate of drug-likeness (QED) is 0.325. The number of amides is 1. The molecule has 1 amide bonds. The van der Waals surface area contributed by atoms with Gasteiger partial charge in [0.2, 0.25) is 0 Å². The number of likely N-dealkylation sites (tertiary alicyclic amines) is 1. The van der Waals surface area contributed by atoms with E-state index in [1.54, 1.807) is 6.92 Å². The summed E-state index contributed by atoms with van der Waals surface area (Å²) in [4.78, 5) is 23.6. The summed E-state index contributed by atoms with van der Waals surface area (Å²) in [6, 6.07) is -0.745. The molecule has 0 aromatic heterocycles. The third kappa shape index (κ3) is 7.67. The lowest BCUT2D eigenvalue weighted by molar-refractivity contribution is -0.148. The zero-order chi connectivity index (χ0) is 20.4. The molecular weight excluding hydrogens is 356 g/mol. The second kappa shape index (κ2) is 11.0. The van der Waals surface area contributed by atoms with Crippen molar-refractivity contribution in [2.75, 3.05) is 6.54 Å². The number of nitrogens with zero attached hydrogens (tertiary/aromatic N) is 1. The molecule has 152 valence electrons. The van der Waals surface area contributed by atoms with Gasteiger partial charge in [-0.15, -0.1) is 11.8 Å². The maximum Gasteiger partial charge on any atom is 0.327 e. The normalized spacial score (nSPS) is 21.1. The molecule has 0 aromatic carbocycles. The number of hydrogen-bond donors (Lipinski definition) is 2. The van der Waals surface area contributed by atoms with Crippen molar-refractivity contribution in [3.8, 4) is 11.8 Å². The van der Waals surface area contributed by atoms with Gasteiger partial charge in [0.25, 0.3) is 5.91 Å². The summed E-state index contributed by atoms with van der Waals surface area (Å²) in [5.41, 5.74) is 0. The topological polar surface area (TPSA) is 77.8 Å². The minimum Gasteiger partial charge on any atom is -0.481 e. The van der Waals surface area contributed by atoms with Crippen molar-refractivity contribution in [1.29, 1.82) is 0 Å². The Morgan fingerprint density at radius 1 is 1.37 bits per heavy atom. The van der Waals surface area contributed by atoms with E-state index in [-0.39, 0.29) is 18.9 Å². The Bertz CT molecular complexity index is 595. The molecule has 1 aliphatic heterocycles. The van der Waals surface area contributed by atoms with E-state index in [1.165, 1.54) is 12.2 Å². The molecule has 1 unspecified atom stereocenters. The predicted molar refractivity (Wildman–Crippen MR) is 98.2 cm³/mol. The molecule has 3 atom stereocenters. The molecule has 7 heteroatoms. The molecular formula is C20H29F2NO4. The minimum absolute atomic E-state index is 0.0879. The summed E-state index contributed by atoms with van der Waals surface area (Å²) in [5, 5.41) is 18.7. The first-order valence-electron chi connectivity index (χ1n) is 9.35. The monoisotopic (exact) mass is 385 g/mol. The van der Waals surface area contributed by atoms with Crippen LogP contribution in [0.15, 0.2) is 12.2 Å². The summed E-state index contributed by atoms with van der Waals surface area (Å²) in [6.45, 7) is 3.73. The molecule has 0 spiro atoms. The Morgan fingerprint density at radius 3 is 2.67 bits per heavy atom. The number of alkyl halides is 2. The third-order valence-corrected chi connectivity index (χ3v) is 4.69. The summed E-state index contributed by atoms with van der Waals surface area (Å²) >= 11 is 0. The van der Waals surface area contributed by atoms with E-state index in [0.717, 1.165) is 4.90 Å². The Labute approximate surface area is 159 Å². The number of carboxylic acid groups (broad SMARTS) is 1. The van der Waals surface area contributed by atoms with Gasteiger partial charge in [0.05, 0.1) is 12.1 Å². The number of halogens is 2. The first-order valence-corrected chi connectivity index (χ1v) is 9.35. The van der Waals surface area contributed by atoms with E-state index < -0.39 is 36.4 Å².